The van der Waals surface area contributed by atoms with Crippen molar-refractivity contribution in [2.45, 2.75) is 37.0 Å². The molecule has 1 aromatic heterocycles. The Kier molecular flexibility index (Phi) is 9.27. The number of nitrogens with zero attached hydrogens (tertiary/aromatic N) is 1. The minimum Gasteiger partial charge on any atom is -0.465 e. The van der Waals surface area contributed by atoms with Gasteiger partial charge < -0.3 is 20.3 Å². The van der Waals surface area contributed by atoms with Crippen molar-refractivity contribution in [1.29, 1.82) is 0 Å². The SMILES string of the molecule is COC(=O)c1c(NC(=O)C(Sc2cccc(NC(=O)c3cccc(C)c3)c2)c2ccccc2)sc2c1CCN(C(C)=O)C2. The molecular weight excluding hydrogens is 583 g/mol. The minimum atomic E-state index is -0.665. The molecule has 1 aliphatic rings. The van der Waals surface area contributed by atoms with E-state index in [-0.39, 0.29) is 17.7 Å². The van der Waals surface area contributed by atoms with Crippen molar-refractivity contribution in [3.8, 4) is 0 Å². The molecule has 0 saturated carbocycles. The fourth-order valence-corrected chi connectivity index (χ4v) is 7.27. The molecule has 0 bridgehead atoms. The van der Waals surface area contributed by atoms with Crippen LogP contribution >= 0.6 is 23.1 Å². The summed E-state index contributed by atoms with van der Waals surface area (Å²) in [4.78, 5) is 55.0. The molecule has 220 valence electrons. The molecule has 1 atom stereocenters. The average molecular weight is 614 g/mol. The second-order valence-electron chi connectivity index (χ2n) is 10.1. The van der Waals surface area contributed by atoms with E-state index in [2.05, 4.69) is 10.6 Å². The third kappa shape index (κ3) is 6.98. The van der Waals surface area contributed by atoms with Crippen molar-refractivity contribution in [3.05, 3.63) is 112 Å². The molecule has 0 aliphatic carbocycles. The molecule has 43 heavy (non-hydrogen) atoms. The van der Waals surface area contributed by atoms with Crippen molar-refractivity contribution in [2.24, 2.45) is 0 Å². The van der Waals surface area contributed by atoms with Crippen LogP contribution in [0.15, 0.2) is 83.8 Å². The summed E-state index contributed by atoms with van der Waals surface area (Å²) in [5.41, 5.74) is 4.10. The van der Waals surface area contributed by atoms with Gasteiger partial charge in [0.25, 0.3) is 5.91 Å². The quantitative estimate of drug-likeness (QED) is 0.174. The molecule has 3 aromatic carbocycles. The van der Waals surface area contributed by atoms with Crippen LogP contribution in [-0.4, -0.2) is 42.2 Å². The van der Waals surface area contributed by atoms with Crippen molar-refractivity contribution in [2.75, 3.05) is 24.3 Å². The Hall–Kier alpha value is -4.41. The van der Waals surface area contributed by atoms with Gasteiger partial charge in [-0.3, -0.25) is 14.4 Å². The molecule has 0 saturated heterocycles. The number of aryl methyl sites for hydroxylation is 1. The number of fused-ring (bicyclic) bond motifs is 1. The number of nitrogens with one attached hydrogen (secondary N) is 2. The van der Waals surface area contributed by atoms with Crippen LogP contribution in [0.1, 0.15) is 54.5 Å². The summed E-state index contributed by atoms with van der Waals surface area (Å²) in [6.45, 7) is 4.33. The van der Waals surface area contributed by atoms with Gasteiger partial charge in [-0.05, 0) is 54.8 Å². The van der Waals surface area contributed by atoms with E-state index in [4.69, 9.17) is 4.74 Å². The highest BCUT2D eigenvalue weighted by molar-refractivity contribution is 8.00. The van der Waals surface area contributed by atoms with Crippen LogP contribution in [-0.2, 0) is 27.3 Å². The first-order valence-electron chi connectivity index (χ1n) is 13.7. The van der Waals surface area contributed by atoms with Gasteiger partial charge in [0.05, 0.1) is 19.2 Å². The van der Waals surface area contributed by atoms with E-state index in [0.717, 1.165) is 26.5 Å². The minimum absolute atomic E-state index is 0.0397. The van der Waals surface area contributed by atoms with Crippen LogP contribution in [0.5, 0.6) is 0 Å². The average Bonchev–Trinajstić information content (AvgIpc) is 3.37. The molecule has 1 unspecified atom stereocenters. The maximum atomic E-state index is 13.9. The summed E-state index contributed by atoms with van der Waals surface area (Å²) in [5, 5.41) is 5.69. The number of ether oxygens (including phenoxy) is 1. The highest BCUT2D eigenvalue weighted by atomic mass is 32.2. The number of methoxy groups -OCH3 is 1. The lowest BCUT2D eigenvalue weighted by atomic mass is 10.0. The zero-order valence-corrected chi connectivity index (χ0v) is 25.6. The van der Waals surface area contributed by atoms with Gasteiger partial charge in [0.15, 0.2) is 0 Å². The number of thioether (sulfide) groups is 1. The summed E-state index contributed by atoms with van der Waals surface area (Å²) in [7, 11) is 1.32. The first kappa shape index (κ1) is 30.1. The molecular formula is C33H31N3O5S2. The zero-order valence-electron chi connectivity index (χ0n) is 24.0. The van der Waals surface area contributed by atoms with Crippen LogP contribution in [0, 0.1) is 6.92 Å². The van der Waals surface area contributed by atoms with E-state index in [1.165, 1.54) is 37.1 Å². The summed E-state index contributed by atoms with van der Waals surface area (Å²) < 4.78 is 5.08. The van der Waals surface area contributed by atoms with Gasteiger partial charge >= 0.3 is 5.97 Å². The molecule has 2 heterocycles. The van der Waals surface area contributed by atoms with E-state index in [1.807, 2.05) is 73.7 Å². The van der Waals surface area contributed by atoms with Crippen molar-refractivity contribution >= 4 is 57.5 Å². The lowest BCUT2D eigenvalue weighted by Crippen LogP contribution is -2.33. The van der Waals surface area contributed by atoms with Gasteiger partial charge in [-0.1, -0.05) is 54.1 Å². The number of benzene rings is 3. The summed E-state index contributed by atoms with van der Waals surface area (Å²) in [6, 6.07) is 24.1. The van der Waals surface area contributed by atoms with Crippen LogP contribution < -0.4 is 10.6 Å². The molecule has 3 amide bonds. The third-order valence-electron chi connectivity index (χ3n) is 7.10. The number of carbonyl (C=O) groups excluding carboxylic acids is 4. The van der Waals surface area contributed by atoms with Crippen molar-refractivity contribution < 1.29 is 23.9 Å². The number of esters is 1. The van der Waals surface area contributed by atoms with Gasteiger partial charge in [0.1, 0.15) is 10.3 Å². The fraction of sp³-hybridized carbons (Fsp3) is 0.212. The molecule has 0 radical (unpaired) electrons. The smallest absolute Gasteiger partial charge is 0.341 e. The second kappa shape index (κ2) is 13.3. The normalized spacial score (nSPS) is 13.0. The van der Waals surface area contributed by atoms with Gasteiger partial charge in [-0.2, -0.15) is 0 Å². The Morgan fingerprint density at radius 1 is 0.953 bits per heavy atom. The number of rotatable bonds is 8. The van der Waals surface area contributed by atoms with Crippen molar-refractivity contribution in [1.82, 2.24) is 4.90 Å². The second-order valence-corrected chi connectivity index (χ2v) is 12.4. The van der Waals surface area contributed by atoms with E-state index >= 15 is 0 Å². The van der Waals surface area contributed by atoms with Crippen LogP contribution in [0.4, 0.5) is 10.7 Å². The first-order valence-corrected chi connectivity index (χ1v) is 15.4. The first-order chi connectivity index (χ1) is 20.7. The van der Waals surface area contributed by atoms with E-state index in [1.54, 1.807) is 17.0 Å². The Morgan fingerprint density at radius 3 is 2.44 bits per heavy atom. The van der Waals surface area contributed by atoms with Gasteiger partial charge in [-0.25, -0.2) is 4.79 Å². The number of amides is 3. The van der Waals surface area contributed by atoms with E-state index < -0.39 is 11.2 Å². The number of thiophene rings is 1. The third-order valence-corrected chi connectivity index (χ3v) is 9.48. The van der Waals surface area contributed by atoms with Crippen LogP contribution in [0.3, 0.4) is 0 Å². The van der Waals surface area contributed by atoms with Crippen molar-refractivity contribution in [3.63, 3.8) is 0 Å². The summed E-state index contributed by atoms with van der Waals surface area (Å²) in [6.07, 6.45) is 0.504. The largest absolute Gasteiger partial charge is 0.465 e. The summed E-state index contributed by atoms with van der Waals surface area (Å²) in [5.74, 6) is -1.09. The summed E-state index contributed by atoms with van der Waals surface area (Å²) >= 11 is 2.64. The fourth-order valence-electron chi connectivity index (χ4n) is 4.93. The molecule has 0 spiro atoms. The van der Waals surface area contributed by atoms with Gasteiger partial charge in [0, 0.05) is 34.5 Å². The molecule has 10 heteroatoms. The Labute approximate surface area is 258 Å². The van der Waals surface area contributed by atoms with E-state index in [9.17, 15) is 19.2 Å². The standard InChI is InChI=1S/C33H31N3O5S2/c1-20-9-7-12-23(17-20)30(38)34-24-13-8-14-25(18-24)42-29(22-10-5-4-6-11-22)31(39)35-32-28(33(40)41-3)26-15-16-36(21(2)37)19-27(26)43-32/h4-14,17-18,29H,15-16,19H2,1-3H3,(H,34,38)(H,35,39). The highest BCUT2D eigenvalue weighted by Gasteiger charge is 2.32. The maximum Gasteiger partial charge on any atom is 0.341 e. The highest BCUT2D eigenvalue weighted by Crippen LogP contribution is 2.41. The molecule has 8 nitrogen and oxygen atoms in total. The Balaban J connectivity index is 1.41. The number of hydrogen-bond donors (Lipinski definition) is 2. The Morgan fingerprint density at radius 2 is 1.72 bits per heavy atom. The lowest BCUT2D eigenvalue weighted by molar-refractivity contribution is -0.129. The maximum absolute atomic E-state index is 13.9. The van der Waals surface area contributed by atoms with Gasteiger partial charge in [-0.15, -0.1) is 23.1 Å². The topological polar surface area (TPSA) is 105 Å². The predicted molar refractivity (Wildman–Crippen MR) is 170 cm³/mol. The van der Waals surface area contributed by atoms with Crippen LogP contribution in [0.25, 0.3) is 0 Å². The van der Waals surface area contributed by atoms with Crippen LogP contribution in [0.2, 0.25) is 0 Å². The number of anilines is 2. The zero-order chi connectivity index (χ0) is 30.5. The predicted octanol–water partition coefficient (Wildman–Crippen LogP) is 6.47. The number of carbonyl (C=O) groups is 4. The van der Waals surface area contributed by atoms with E-state index in [0.29, 0.717) is 41.3 Å². The molecule has 2 N–H and O–H groups in total. The molecule has 0 fully saturated rings. The lowest BCUT2D eigenvalue weighted by Gasteiger charge is -2.25. The molecule has 4 aromatic rings. The monoisotopic (exact) mass is 613 g/mol. The van der Waals surface area contributed by atoms with Gasteiger partial charge in [0.2, 0.25) is 11.8 Å². The molecule has 5 rings (SSSR count). The molecule has 1 aliphatic heterocycles. The Bertz CT molecular complexity index is 1690. The number of hydrogen-bond acceptors (Lipinski definition) is 7.